The minimum atomic E-state index is -0.503. The molecule has 4 nitrogen and oxygen atoms in total. The Morgan fingerprint density at radius 3 is 2.50 bits per heavy atom. The van der Waals surface area contributed by atoms with Gasteiger partial charge in [-0.25, -0.2) is 0 Å². The Morgan fingerprint density at radius 1 is 1.38 bits per heavy atom. The highest BCUT2D eigenvalue weighted by Gasteiger charge is 2.06. The van der Waals surface area contributed by atoms with Gasteiger partial charge in [0.1, 0.15) is 0 Å². The highest BCUT2D eigenvalue weighted by atomic mass is 16.6. The Bertz CT molecular complexity index is 451. The Labute approximate surface area is 93.4 Å². The average molecular weight is 217 g/mol. The van der Waals surface area contributed by atoms with Gasteiger partial charge in [0.2, 0.25) is 5.78 Å². The van der Waals surface area contributed by atoms with E-state index in [2.05, 4.69) is 11.8 Å². The van der Waals surface area contributed by atoms with Gasteiger partial charge in [-0.3, -0.25) is 14.9 Å². The number of nitrogens with zero attached hydrogens (tertiary/aromatic N) is 1. The molecule has 0 saturated heterocycles. The molecule has 0 aliphatic rings. The molecule has 82 valence electrons. The molecule has 0 aromatic heterocycles. The molecule has 0 aliphatic carbocycles. The highest BCUT2D eigenvalue weighted by Crippen LogP contribution is 2.11. The lowest BCUT2D eigenvalue weighted by atomic mass is 10.1. The zero-order chi connectivity index (χ0) is 12.0. The van der Waals surface area contributed by atoms with E-state index in [0.29, 0.717) is 12.0 Å². The number of ketones is 1. The van der Waals surface area contributed by atoms with Gasteiger partial charge in [-0.05, 0) is 24.5 Å². The van der Waals surface area contributed by atoms with Crippen LogP contribution in [0.5, 0.6) is 0 Å². The van der Waals surface area contributed by atoms with Crippen molar-refractivity contribution in [2.45, 2.75) is 19.8 Å². The third-order valence-corrected chi connectivity index (χ3v) is 1.92. The molecular weight excluding hydrogens is 206 g/mol. The summed E-state index contributed by atoms with van der Waals surface area (Å²) in [6.45, 7) is 1.98. The number of unbranched alkanes of at least 4 members (excludes halogenated alkanes) is 1. The minimum absolute atomic E-state index is 0.0296. The first-order valence-corrected chi connectivity index (χ1v) is 4.92. The maximum atomic E-state index is 11.5. The second-order valence-corrected chi connectivity index (χ2v) is 3.18. The number of non-ortho nitro benzene ring substituents is 1. The molecule has 0 atom stereocenters. The molecular formula is C12H11NO3. The normalized spacial score (nSPS) is 9.06. The summed E-state index contributed by atoms with van der Waals surface area (Å²) in [6.07, 6.45) is 1.58. The van der Waals surface area contributed by atoms with Crippen LogP contribution >= 0.6 is 0 Å². The Balaban J connectivity index is 2.79. The lowest BCUT2D eigenvalue weighted by molar-refractivity contribution is -0.384. The summed E-state index contributed by atoms with van der Waals surface area (Å²) in [5, 5.41) is 10.4. The summed E-state index contributed by atoms with van der Waals surface area (Å²) >= 11 is 0. The standard InChI is InChI=1S/C12H11NO3/c1-2-3-4-5-12(14)10-6-8-11(9-7-10)13(15)16/h6-9H,2-3H2,1H3. The number of carbonyl (C=O) groups excluding carboxylic acids is 1. The summed E-state index contributed by atoms with van der Waals surface area (Å²) in [5.74, 6) is 4.92. The van der Waals surface area contributed by atoms with Crippen LogP contribution in [0.25, 0.3) is 0 Å². The first-order valence-electron chi connectivity index (χ1n) is 4.92. The maximum Gasteiger partial charge on any atom is 0.269 e. The van der Waals surface area contributed by atoms with Gasteiger partial charge >= 0.3 is 0 Å². The van der Waals surface area contributed by atoms with Gasteiger partial charge in [0.15, 0.2) is 0 Å². The molecule has 0 aliphatic heterocycles. The molecule has 1 rings (SSSR count). The van der Waals surface area contributed by atoms with E-state index in [-0.39, 0.29) is 11.5 Å². The zero-order valence-corrected chi connectivity index (χ0v) is 8.90. The number of hydrogen-bond acceptors (Lipinski definition) is 3. The van der Waals surface area contributed by atoms with Crippen molar-refractivity contribution in [2.24, 2.45) is 0 Å². The Morgan fingerprint density at radius 2 is 2.00 bits per heavy atom. The van der Waals surface area contributed by atoms with Gasteiger partial charge < -0.3 is 0 Å². The first-order chi connectivity index (χ1) is 7.65. The monoisotopic (exact) mass is 217 g/mol. The van der Waals surface area contributed by atoms with Gasteiger partial charge in [0.05, 0.1) is 4.92 Å². The van der Waals surface area contributed by atoms with Crippen molar-refractivity contribution in [1.82, 2.24) is 0 Å². The van der Waals surface area contributed by atoms with Crippen molar-refractivity contribution in [2.75, 3.05) is 0 Å². The Hall–Kier alpha value is -2.15. The molecule has 0 heterocycles. The van der Waals surface area contributed by atoms with Crippen LogP contribution in [0, 0.1) is 22.0 Å². The number of Topliss-reactive ketones (excluding diaryl/α,β-unsaturated/α-hetero) is 1. The largest absolute Gasteiger partial charge is 0.279 e. The van der Waals surface area contributed by atoms with Gasteiger partial charge in [0, 0.05) is 24.1 Å². The fourth-order valence-corrected chi connectivity index (χ4v) is 1.07. The molecule has 0 fully saturated rings. The van der Waals surface area contributed by atoms with Crippen LogP contribution in [0.1, 0.15) is 30.1 Å². The summed E-state index contributed by atoms with van der Waals surface area (Å²) in [6, 6.07) is 5.44. The molecule has 0 spiro atoms. The third-order valence-electron chi connectivity index (χ3n) is 1.92. The molecule has 0 amide bonds. The van der Waals surface area contributed by atoms with Gasteiger partial charge in [-0.2, -0.15) is 0 Å². The number of rotatable bonds is 3. The smallest absolute Gasteiger partial charge is 0.269 e. The van der Waals surface area contributed by atoms with Crippen LogP contribution < -0.4 is 0 Å². The fourth-order valence-electron chi connectivity index (χ4n) is 1.07. The van der Waals surface area contributed by atoms with E-state index in [1.807, 2.05) is 6.92 Å². The topological polar surface area (TPSA) is 60.2 Å². The predicted molar refractivity (Wildman–Crippen MR) is 60.1 cm³/mol. The van der Waals surface area contributed by atoms with E-state index >= 15 is 0 Å². The fraction of sp³-hybridized carbons (Fsp3) is 0.250. The summed E-state index contributed by atoms with van der Waals surface area (Å²) in [5.41, 5.74) is 0.354. The van der Waals surface area contributed by atoms with E-state index in [9.17, 15) is 14.9 Å². The van der Waals surface area contributed by atoms with Crippen LogP contribution in [-0.4, -0.2) is 10.7 Å². The Kier molecular flexibility index (Phi) is 4.22. The zero-order valence-electron chi connectivity index (χ0n) is 8.90. The number of benzene rings is 1. The van der Waals surface area contributed by atoms with Crippen LogP contribution in [0.3, 0.4) is 0 Å². The SMILES string of the molecule is CCCC#CC(=O)c1ccc([N+](=O)[O-])cc1. The molecule has 0 bridgehead atoms. The highest BCUT2D eigenvalue weighted by molar-refractivity contribution is 6.09. The van der Waals surface area contributed by atoms with E-state index in [4.69, 9.17) is 0 Å². The van der Waals surface area contributed by atoms with Gasteiger partial charge in [-0.15, -0.1) is 0 Å². The average Bonchev–Trinajstić information content (AvgIpc) is 2.29. The lowest BCUT2D eigenvalue weighted by Crippen LogP contribution is -1.95. The molecule has 0 radical (unpaired) electrons. The van der Waals surface area contributed by atoms with Crippen LogP contribution in [0.2, 0.25) is 0 Å². The molecule has 0 unspecified atom stereocenters. The van der Waals surface area contributed by atoms with E-state index < -0.39 is 4.92 Å². The second-order valence-electron chi connectivity index (χ2n) is 3.18. The first kappa shape index (κ1) is 11.9. The van der Waals surface area contributed by atoms with Crippen molar-refractivity contribution in [3.8, 4) is 11.8 Å². The summed E-state index contributed by atoms with van der Waals surface area (Å²) in [7, 11) is 0. The molecule has 16 heavy (non-hydrogen) atoms. The van der Waals surface area contributed by atoms with Crippen molar-refractivity contribution in [1.29, 1.82) is 0 Å². The van der Waals surface area contributed by atoms with E-state index in [0.717, 1.165) is 6.42 Å². The minimum Gasteiger partial charge on any atom is -0.279 e. The third kappa shape index (κ3) is 3.21. The van der Waals surface area contributed by atoms with Gasteiger partial charge in [-0.1, -0.05) is 12.8 Å². The number of nitro benzene ring substituents is 1. The maximum absolute atomic E-state index is 11.5. The molecule has 4 heteroatoms. The molecule has 0 N–H and O–H groups in total. The van der Waals surface area contributed by atoms with Crippen LogP contribution in [0.4, 0.5) is 5.69 Å². The molecule has 1 aromatic rings. The van der Waals surface area contributed by atoms with Crippen LogP contribution in [0.15, 0.2) is 24.3 Å². The van der Waals surface area contributed by atoms with E-state index in [1.165, 1.54) is 24.3 Å². The quantitative estimate of drug-likeness (QED) is 0.257. The van der Waals surface area contributed by atoms with Crippen molar-refractivity contribution >= 4 is 11.5 Å². The summed E-state index contributed by atoms with van der Waals surface area (Å²) in [4.78, 5) is 21.3. The second kappa shape index (κ2) is 5.66. The lowest BCUT2D eigenvalue weighted by Gasteiger charge is -1.93. The molecule has 1 aromatic carbocycles. The predicted octanol–water partition coefficient (Wildman–Crippen LogP) is 2.58. The number of carbonyl (C=O) groups is 1. The van der Waals surface area contributed by atoms with E-state index in [1.54, 1.807) is 0 Å². The number of hydrogen-bond donors (Lipinski definition) is 0. The summed E-state index contributed by atoms with van der Waals surface area (Å²) < 4.78 is 0. The number of nitro groups is 1. The van der Waals surface area contributed by atoms with Gasteiger partial charge in [0.25, 0.3) is 5.69 Å². The van der Waals surface area contributed by atoms with Crippen molar-refractivity contribution in [3.63, 3.8) is 0 Å². The van der Waals surface area contributed by atoms with Crippen molar-refractivity contribution < 1.29 is 9.72 Å². The van der Waals surface area contributed by atoms with Crippen molar-refractivity contribution in [3.05, 3.63) is 39.9 Å². The molecule has 0 saturated carbocycles. The van der Waals surface area contributed by atoms with Crippen LogP contribution in [-0.2, 0) is 0 Å².